The van der Waals surface area contributed by atoms with E-state index in [1.165, 1.54) is 256 Å². The van der Waals surface area contributed by atoms with Crippen molar-refractivity contribution in [3.8, 4) is 17.1 Å². The van der Waals surface area contributed by atoms with Crippen molar-refractivity contribution in [2.45, 2.75) is 62.3 Å². The van der Waals surface area contributed by atoms with Crippen molar-refractivity contribution >= 4 is 431 Å². The molecule has 24 aromatic heterocycles. The molecule has 510 valence electrons. The van der Waals surface area contributed by atoms with Gasteiger partial charge in [0.1, 0.15) is 5.58 Å². The third-order valence-electron chi connectivity index (χ3n) is 20.2. The third-order valence-corrected chi connectivity index (χ3v) is 46.7. The number of nitrogens with zero attached hydrogens (tertiary/aromatic N) is 3. The summed E-state index contributed by atoms with van der Waals surface area (Å²) in [5, 5.41) is 0. The normalized spacial score (nSPS) is 13.0. The first kappa shape index (κ1) is 63.1. The monoisotopic (exact) mass is 1710 g/mol. The molecule has 0 N–H and O–H groups in total. The molecule has 0 radical (unpaired) electrons. The number of aryl methyl sites for hydroxylation is 9. The lowest BCUT2D eigenvalue weighted by atomic mass is 10.2. The van der Waals surface area contributed by atoms with Crippen LogP contribution in [0.3, 0.4) is 0 Å². The van der Waals surface area contributed by atoms with E-state index in [2.05, 4.69) is 185 Å². The lowest BCUT2D eigenvalue weighted by Crippen LogP contribution is -1.92. The van der Waals surface area contributed by atoms with Crippen LogP contribution in [0.4, 0.5) is 0 Å². The van der Waals surface area contributed by atoms with Crippen LogP contribution in [0.5, 0.6) is 0 Å². The number of hydrogen-bond acceptors (Lipinski definition) is 21. The minimum atomic E-state index is 1.04. The van der Waals surface area contributed by atoms with E-state index in [-0.39, 0.29) is 0 Å². The predicted molar refractivity (Wildman–Crippen MR) is 497 cm³/mol. The Morgan fingerprint density at radius 3 is 0.886 bits per heavy atom. The van der Waals surface area contributed by atoms with Gasteiger partial charge in [-0.15, -0.1) is 227 Å². The number of aromatic nitrogens is 3. The van der Waals surface area contributed by atoms with Crippen LogP contribution in [-0.2, 0) is 0 Å². The third kappa shape index (κ3) is 8.65. The average molecular weight is 1720 g/mol. The number of hydrogen-bond donors (Lipinski definition) is 0. The van der Waals surface area contributed by atoms with E-state index in [9.17, 15) is 0 Å². The molecule has 0 spiro atoms. The molecule has 0 unspecified atom stereocenters. The summed E-state index contributed by atoms with van der Waals surface area (Å²) >= 11 is 39.5. The van der Waals surface area contributed by atoms with Gasteiger partial charge in [0, 0.05) is 60.4 Å². The second-order valence-electron chi connectivity index (χ2n) is 27.3. The number of rotatable bonds is 3. The van der Waals surface area contributed by atoms with Crippen LogP contribution in [0.25, 0.3) is 221 Å². The zero-order chi connectivity index (χ0) is 69.5. The lowest BCUT2D eigenvalue weighted by molar-refractivity contribution is 0.674. The molecule has 0 saturated heterocycles. The van der Waals surface area contributed by atoms with E-state index >= 15 is 0 Å². The molecule has 0 amide bonds. The molecule has 0 bridgehead atoms. The molecule has 27 aromatic rings. The first-order valence-corrected chi connectivity index (χ1v) is 50.1. The summed E-state index contributed by atoms with van der Waals surface area (Å²) in [4.78, 5) is 8.29. The van der Waals surface area contributed by atoms with Crippen molar-refractivity contribution in [2.75, 3.05) is 0 Å². The highest BCUT2D eigenvalue weighted by Crippen LogP contribution is 2.62. The Labute approximate surface area is 674 Å². The van der Waals surface area contributed by atoms with E-state index in [4.69, 9.17) is 4.42 Å². The maximum atomic E-state index is 6.37. The van der Waals surface area contributed by atoms with Crippen molar-refractivity contribution < 1.29 is 4.42 Å². The fourth-order valence-corrected chi connectivity index (χ4v) is 44.0. The van der Waals surface area contributed by atoms with Crippen molar-refractivity contribution in [2.24, 2.45) is 0 Å². The van der Waals surface area contributed by atoms with Crippen molar-refractivity contribution in [3.05, 3.63) is 155 Å². The van der Waals surface area contributed by atoms with Crippen LogP contribution in [0.2, 0.25) is 0 Å². The van der Waals surface area contributed by atoms with E-state index in [0.29, 0.717) is 0 Å². The molecule has 27 rings (SSSR count). The van der Waals surface area contributed by atoms with Crippen LogP contribution in [-0.4, -0.2) is 13.7 Å². The largest absolute Gasteiger partial charge is 0.453 e. The SMILES string of the molecule is Cc1ccc(-n2c3c4sc(C)cc4sc3c3sc4c5sc6c7sc(C)cc7sc6c5sc4c32)cc1.Cc1ccc(-n2c3cc(C)sc3c3sc4c5sc6c7oc8cc(C)sc8c7sc6c5sc4c32)cc1.Cc1ccc(-n2c3cc(C)sc3c3sc4c5sc6c7sc8cc(C)sc8c7sc6c5sc4c32)cc1. The zero-order valence-electron chi connectivity index (χ0n) is 56.3. The minimum absolute atomic E-state index is 1.04. The summed E-state index contributed by atoms with van der Waals surface area (Å²) in [6, 6.07) is 41.1. The van der Waals surface area contributed by atoms with Crippen molar-refractivity contribution in [1.29, 1.82) is 0 Å². The first-order valence-electron chi connectivity index (χ1n) is 33.8. The highest BCUT2D eigenvalue weighted by atomic mass is 32.2. The minimum Gasteiger partial charge on any atom is -0.453 e. The maximum Gasteiger partial charge on any atom is 0.164 e. The van der Waals surface area contributed by atoms with Crippen LogP contribution >= 0.6 is 227 Å². The van der Waals surface area contributed by atoms with Gasteiger partial charge in [-0.2, -0.15) is 0 Å². The lowest BCUT2D eigenvalue weighted by Gasteiger charge is -2.07. The molecule has 0 saturated carbocycles. The first-order chi connectivity index (χ1) is 51.1. The molecular weight excluding hydrogens is 1670 g/mol. The van der Waals surface area contributed by atoms with Gasteiger partial charge in [-0.1, -0.05) is 53.1 Å². The quantitative estimate of drug-likeness (QED) is 0.173. The second kappa shape index (κ2) is 22.3. The van der Waals surface area contributed by atoms with Crippen LogP contribution in [0, 0.1) is 62.3 Å². The smallest absolute Gasteiger partial charge is 0.164 e. The molecule has 0 aliphatic carbocycles. The van der Waals surface area contributed by atoms with E-state index < -0.39 is 0 Å². The van der Waals surface area contributed by atoms with Crippen LogP contribution < -0.4 is 0 Å². The Morgan fingerprint density at radius 1 is 0.200 bits per heavy atom. The summed E-state index contributed by atoms with van der Waals surface area (Å²) in [6.45, 7) is 19.8. The van der Waals surface area contributed by atoms with Crippen LogP contribution in [0.1, 0.15) is 46.0 Å². The van der Waals surface area contributed by atoms with Crippen molar-refractivity contribution in [1.82, 2.24) is 13.7 Å². The summed E-state index contributed by atoms with van der Waals surface area (Å²) in [5.41, 5.74) is 18.1. The van der Waals surface area contributed by atoms with Crippen LogP contribution in [0.15, 0.2) is 114 Å². The summed E-state index contributed by atoms with van der Waals surface area (Å²) in [7, 11) is 0. The number of thiophene rings is 20. The molecule has 3 aromatic carbocycles. The Hall–Kier alpha value is -5.76. The molecule has 105 heavy (non-hydrogen) atoms. The number of benzene rings is 3. The van der Waals surface area contributed by atoms with Gasteiger partial charge in [0.2, 0.25) is 0 Å². The molecule has 0 aliphatic rings. The van der Waals surface area contributed by atoms with Crippen molar-refractivity contribution in [3.63, 3.8) is 0 Å². The number of fused-ring (bicyclic) bond motifs is 39. The highest BCUT2D eigenvalue weighted by Gasteiger charge is 2.32. The molecule has 24 heteroatoms. The molecule has 0 atom stereocenters. The van der Waals surface area contributed by atoms with Gasteiger partial charge in [0.25, 0.3) is 0 Å². The standard InChI is InChI=1S/C27H15NOS6.2C27H15NS7/c1-10-4-6-13(7-5-10)28-14-8-11(2)30-18(14)20-16(28)21-24(32-20)26-27(33-21)25-23(35-26)17-22(34-25)19-15(29-17)9-12(3)31-19;1-10-4-6-13(7-5-10)28-16-18-14(8-11(2)29-18)31-20(16)21-17(28)22-24(33-21)26-27(34-22)25-23(35-26)19-15(32-25)9-12(3)30-19;1-10-4-6-13(7-5-10)28-14-8-11(2)29-17(14)19-16(28)20-22(32-19)24-26(33-20)27-25(35-24)23-21(34-27)18-15(31-23)9-12(3)30-18/h3*4-9H,1-3H3. The van der Waals surface area contributed by atoms with Gasteiger partial charge in [-0.3, -0.25) is 0 Å². The second-order valence-corrected chi connectivity index (χ2v) is 49.3. The van der Waals surface area contributed by atoms with Gasteiger partial charge in [0.05, 0.1) is 179 Å². The summed E-state index contributed by atoms with van der Waals surface area (Å²) < 4.78 is 63.4. The molecule has 4 nitrogen and oxygen atoms in total. The van der Waals surface area contributed by atoms with E-state index in [1.807, 2.05) is 227 Å². The van der Waals surface area contributed by atoms with Gasteiger partial charge >= 0.3 is 0 Å². The van der Waals surface area contributed by atoms with Gasteiger partial charge in [-0.05, 0) is 135 Å². The summed E-state index contributed by atoms with van der Waals surface area (Å²) in [5.74, 6) is 0. The van der Waals surface area contributed by atoms with Gasteiger partial charge in [-0.25, -0.2) is 0 Å². The topological polar surface area (TPSA) is 27.9 Å². The Morgan fingerprint density at radius 2 is 0.448 bits per heavy atom. The van der Waals surface area contributed by atoms with E-state index in [1.54, 1.807) is 0 Å². The Bertz CT molecular complexity index is 8120. The van der Waals surface area contributed by atoms with Gasteiger partial charge in [0.15, 0.2) is 5.58 Å². The van der Waals surface area contributed by atoms with E-state index in [0.717, 1.165) is 11.2 Å². The molecule has 0 fully saturated rings. The summed E-state index contributed by atoms with van der Waals surface area (Å²) in [6.07, 6.45) is 0. The molecule has 24 heterocycles. The molecular formula is C81H45N3OS20. The Balaban J connectivity index is 0.0000000914. The average Bonchev–Trinajstić information content (AvgIpc) is 1.52. The number of furan rings is 1. The zero-order valence-corrected chi connectivity index (χ0v) is 72.6. The highest BCUT2D eigenvalue weighted by molar-refractivity contribution is 7.53. The Kier molecular flexibility index (Phi) is 13.4. The fourth-order valence-electron chi connectivity index (χ4n) is 15.7. The predicted octanol–water partition coefficient (Wildman–Crippen LogP) is 35.2. The fraction of sp³-hybridized carbons (Fsp3) is 0.111. The molecule has 0 aliphatic heterocycles. The maximum absolute atomic E-state index is 6.37. The van der Waals surface area contributed by atoms with Gasteiger partial charge < -0.3 is 18.1 Å².